The van der Waals surface area contributed by atoms with Crippen molar-refractivity contribution in [3.05, 3.63) is 0 Å². The lowest BCUT2D eigenvalue weighted by atomic mass is 10.0. The van der Waals surface area contributed by atoms with Crippen molar-refractivity contribution in [1.29, 1.82) is 0 Å². The minimum atomic E-state index is 0.194. The first-order chi connectivity index (χ1) is 20.8. The molecule has 0 aliphatic heterocycles. The van der Waals surface area contributed by atoms with Gasteiger partial charge in [-0.1, -0.05) is 138 Å². The van der Waals surface area contributed by atoms with Gasteiger partial charge in [0.1, 0.15) is 11.6 Å². The first-order valence-corrected chi connectivity index (χ1v) is 18.8. The first kappa shape index (κ1) is 46.2. The maximum Gasteiger partial charge on any atom is 0.219 e. The molecule has 0 aromatic rings. The lowest BCUT2D eigenvalue weighted by molar-refractivity contribution is -0.122. The highest BCUT2D eigenvalue weighted by Gasteiger charge is 2.05. The number of rotatable bonds is 30. The van der Waals surface area contributed by atoms with Crippen molar-refractivity contribution in [1.82, 2.24) is 10.6 Å². The van der Waals surface area contributed by atoms with E-state index in [9.17, 15) is 14.4 Å². The highest BCUT2D eigenvalue weighted by molar-refractivity contribution is 5.80. The number of carbonyl (C=O) groups is 3. The average Bonchev–Trinajstić information content (AvgIpc) is 2.99. The Morgan fingerprint density at radius 3 is 1.33 bits per heavy atom. The second-order valence-electron chi connectivity index (χ2n) is 12.4. The van der Waals surface area contributed by atoms with Crippen molar-refractivity contribution >= 4 is 17.5 Å². The molecule has 5 nitrogen and oxygen atoms in total. The predicted molar refractivity (Wildman–Crippen MR) is 190 cm³/mol. The quantitative estimate of drug-likeness (QED) is 0.0793. The second-order valence-corrected chi connectivity index (χ2v) is 12.4. The van der Waals surface area contributed by atoms with Crippen molar-refractivity contribution in [2.45, 2.75) is 203 Å². The van der Waals surface area contributed by atoms with Crippen LogP contribution in [0.25, 0.3) is 0 Å². The molecule has 0 bridgehead atoms. The minimum Gasteiger partial charge on any atom is -0.356 e. The molecule has 0 heterocycles. The smallest absolute Gasteiger partial charge is 0.219 e. The number of nitrogens with one attached hydrogen (secondary N) is 2. The molecule has 0 saturated heterocycles. The third kappa shape index (κ3) is 45.3. The Hall–Kier alpha value is -1.23. The van der Waals surface area contributed by atoms with E-state index >= 15 is 0 Å². The molecule has 43 heavy (non-hydrogen) atoms. The lowest BCUT2D eigenvalue weighted by Gasteiger charge is -2.06. The van der Waals surface area contributed by atoms with Gasteiger partial charge in [-0.25, -0.2) is 0 Å². The number of unbranched alkanes of at least 4 members (excludes halogenated alkanes) is 17. The predicted octanol–water partition coefficient (Wildman–Crippen LogP) is 10.9. The number of carbonyl (C=O) groups excluding carboxylic acids is 3. The third-order valence-electron chi connectivity index (χ3n) is 7.66. The first-order valence-electron chi connectivity index (χ1n) is 18.8. The molecule has 5 heteroatoms. The van der Waals surface area contributed by atoms with Gasteiger partial charge in [-0.05, 0) is 58.5 Å². The van der Waals surface area contributed by atoms with Gasteiger partial charge in [-0.3, -0.25) is 9.59 Å². The number of ketones is 2. The fourth-order valence-corrected chi connectivity index (χ4v) is 4.74. The third-order valence-corrected chi connectivity index (χ3v) is 7.66. The molecule has 0 unspecified atom stereocenters. The SMILES string of the molecule is CC.CCCCCCCCCNCCCCCCCCC(=O)C(C)C.CCCCNC(=O)CCCCCCCCC(C)=O. The van der Waals surface area contributed by atoms with E-state index in [-0.39, 0.29) is 11.8 Å². The average molecular weight is 611 g/mol. The molecule has 0 aromatic heterocycles. The summed E-state index contributed by atoms with van der Waals surface area (Å²) in [5.74, 6) is 1.13. The summed E-state index contributed by atoms with van der Waals surface area (Å²) < 4.78 is 0. The molecule has 0 aliphatic carbocycles. The van der Waals surface area contributed by atoms with Gasteiger partial charge in [-0.2, -0.15) is 0 Å². The van der Waals surface area contributed by atoms with E-state index in [1.807, 2.05) is 27.7 Å². The van der Waals surface area contributed by atoms with Gasteiger partial charge in [-0.15, -0.1) is 0 Å². The van der Waals surface area contributed by atoms with Crippen molar-refractivity contribution < 1.29 is 14.4 Å². The zero-order valence-corrected chi connectivity index (χ0v) is 30.4. The van der Waals surface area contributed by atoms with Crippen molar-refractivity contribution in [3.8, 4) is 0 Å². The molecule has 2 N–H and O–H groups in total. The van der Waals surface area contributed by atoms with Crippen LogP contribution in [-0.4, -0.2) is 37.1 Å². The van der Waals surface area contributed by atoms with Crippen LogP contribution >= 0.6 is 0 Å². The molecule has 0 aliphatic rings. The van der Waals surface area contributed by atoms with Crippen LogP contribution in [0, 0.1) is 5.92 Å². The summed E-state index contributed by atoms with van der Waals surface area (Å²) in [6.07, 6.45) is 28.4. The summed E-state index contributed by atoms with van der Waals surface area (Å²) in [4.78, 5) is 33.6. The van der Waals surface area contributed by atoms with Crippen LogP contribution in [0.15, 0.2) is 0 Å². The van der Waals surface area contributed by atoms with Gasteiger partial charge in [0.25, 0.3) is 0 Å². The summed E-state index contributed by atoms with van der Waals surface area (Å²) in [5, 5.41) is 6.50. The van der Waals surface area contributed by atoms with Crippen LogP contribution in [0.3, 0.4) is 0 Å². The van der Waals surface area contributed by atoms with E-state index in [0.717, 1.165) is 64.3 Å². The van der Waals surface area contributed by atoms with Crippen LogP contribution in [0.2, 0.25) is 0 Å². The number of hydrogen-bond donors (Lipinski definition) is 2. The fraction of sp³-hybridized carbons (Fsp3) is 0.921. The van der Waals surface area contributed by atoms with Gasteiger partial charge >= 0.3 is 0 Å². The molecular weight excluding hydrogens is 532 g/mol. The molecule has 0 rings (SSSR count). The number of hydrogen-bond acceptors (Lipinski definition) is 4. The van der Waals surface area contributed by atoms with E-state index < -0.39 is 0 Å². The molecule has 0 atom stereocenters. The number of amides is 1. The standard InChI is InChI=1S/C21H43NO.C15H29NO2.C2H6/c1-4-5-6-7-9-12-15-18-22-19-16-13-10-8-11-14-17-21(23)20(2)3;1-3-4-13-16-15(18)12-10-8-6-5-7-9-11-14(2)17;1-2/h20,22H,4-19H2,1-3H3;3-13H2,1-2H3,(H,16,18);1-2H3. The molecule has 258 valence electrons. The Labute approximate surface area is 270 Å². The molecule has 0 saturated carbocycles. The molecule has 0 fully saturated rings. The van der Waals surface area contributed by atoms with Crippen LogP contribution < -0.4 is 10.6 Å². The van der Waals surface area contributed by atoms with Gasteiger partial charge in [0.2, 0.25) is 5.91 Å². The Morgan fingerprint density at radius 1 is 0.488 bits per heavy atom. The second kappa shape index (κ2) is 40.8. The zero-order chi connectivity index (χ0) is 32.8. The minimum absolute atomic E-state index is 0.194. The summed E-state index contributed by atoms with van der Waals surface area (Å²) >= 11 is 0. The van der Waals surface area contributed by atoms with Crippen molar-refractivity contribution in [3.63, 3.8) is 0 Å². The monoisotopic (exact) mass is 611 g/mol. The molecular formula is C38H78N2O3. The normalized spacial score (nSPS) is 10.5. The van der Waals surface area contributed by atoms with E-state index in [1.165, 1.54) is 103 Å². The molecule has 1 amide bonds. The highest BCUT2D eigenvalue weighted by atomic mass is 16.1. The van der Waals surface area contributed by atoms with Crippen LogP contribution in [-0.2, 0) is 14.4 Å². The summed E-state index contributed by atoms with van der Waals surface area (Å²) in [7, 11) is 0. The topological polar surface area (TPSA) is 75.3 Å². The Morgan fingerprint density at radius 2 is 0.884 bits per heavy atom. The Kier molecular flexibility index (Phi) is 43.8. The van der Waals surface area contributed by atoms with Crippen molar-refractivity contribution in [2.24, 2.45) is 5.92 Å². The van der Waals surface area contributed by atoms with E-state index in [0.29, 0.717) is 18.0 Å². The van der Waals surface area contributed by atoms with E-state index in [4.69, 9.17) is 0 Å². The highest BCUT2D eigenvalue weighted by Crippen LogP contribution is 2.11. The van der Waals surface area contributed by atoms with E-state index in [2.05, 4.69) is 24.5 Å². The van der Waals surface area contributed by atoms with Gasteiger partial charge in [0, 0.05) is 31.7 Å². The van der Waals surface area contributed by atoms with E-state index in [1.54, 1.807) is 6.92 Å². The van der Waals surface area contributed by atoms with Gasteiger partial charge in [0.05, 0.1) is 0 Å². The zero-order valence-electron chi connectivity index (χ0n) is 30.4. The molecule has 0 aromatic carbocycles. The Bertz CT molecular complexity index is 578. The summed E-state index contributed by atoms with van der Waals surface area (Å²) in [5.41, 5.74) is 0. The molecule has 0 spiro atoms. The van der Waals surface area contributed by atoms with Crippen LogP contribution in [0.1, 0.15) is 203 Å². The van der Waals surface area contributed by atoms with Gasteiger partial charge < -0.3 is 15.4 Å². The largest absolute Gasteiger partial charge is 0.356 e. The maximum atomic E-state index is 11.5. The lowest BCUT2D eigenvalue weighted by Crippen LogP contribution is -2.23. The van der Waals surface area contributed by atoms with Crippen molar-refractivity contribution in [2.75, 3.05) is 19.6 Å². The maximum absolute atomic E-state index is 11.5. The van der Waals surface area contributed by atoms with Crippen LogP contribution in [0.5, 0.6) is 0 Å². The number of Topliss-reactive ketones (excluding diaryl/α,β-unsaturated/α-hetero) is 2. The Balaban J connectivity index is -0.000000722. The summed E-state index contributed by atoms with van der Waals surface area (Å²) in [6.45, 7) is 17.3. The fourth-order valence-electron chi connectivity index (χ4n) is 4.74. The van der Waals surface area contributed by atoms with Gasteiger partial charge in [0.15, 0.2) is 0 Å². The summed E-state index contributed by atoms with van der Waals surface area (Å²) in [6, 6.07) is 0. The molecule has 0 radical (unpaired) electrons. The van der Waals surface area contributed by atoms with Crippen LogP contribution in [0.4, 0.5) is 0 Å².